The smallest absolute Gasteiger partial charge is 0.395 e. The summed E-state index contributed by atoms with van der Waals surface area (Å²) in [7, 11) is -4.00. The third kappa shape index (κ3) is 4.55. The zero-order valence-corrected chi connectivity index (χ0v) is 16.5. The Kier molecular flexibility index (Phi) is 5.57. The molecular weight excluding hydrogens is 422 g/mol. The number of rotatable bonds is 6. The lowest BCUT2D eigenvalue weighted by molar-refractivity contribution is -0.402. The van der Waals surface area contributed by atoms with E-state index in [4.69, 9.17) is 16.0 Å². The summed E-state index contributed by atoms with van der Waals surface area (Å²) >= 11 is 6.01. The lowest BCUT2D eigenvalue weighted by Crippen LogP contribution is -2.16. The van der Waals surface area contributed by atoms with Gasteiger partial charge in [0.2, 0.25) is 0 Å². The highest BCUT2D eigenvalue weighted by Gasteiger charge is 2.21. The average Bonchev–Trinajstić information content (AvgIpc) is 3.15. The molecule has 0 unspecified atom stereocenters. The first-order valence-corrected chi connectivity index (χ1v) is 9.97. The maximum Gasteiger partial charge on any atom is 0.433 e. The van der Waals surface area contributed by atoms with E-state index in [-0.39, 0.29) is 27.1 Å². The molecule has 9 nitrogen and oxygen atoms in total. The van der Waals surface area contributed by atoms with Gasteiger partial charge in [-0.05, 0) is 42.8 Å². The van der Waals surface area contributed by atoms with Crippen molar-refractivity contribution in [1.82, 2.24) is 0 Å². The minimum Gasteiger partial charge on any atom is -0.395 e. The Morgan fingerprint density at radius 3 is 2.52 bits per heavy atom. The molecule has 0 aliphatic rings. The topological polar surface area (TPSA) is 132 Å². The Hall–Kier alpha value is -3.37. The van der Waals surface area contributed by atoms with Crippen LogP contribution in [0.1, 0.15) is 16.1 Å². The highest BCUT2D eigenvalue weighted by atomic mass is 35.5. The van der Waals surface area contributed by atoms with E-state index >= 15 is 0 Å². The second-order valence-electron chi connectivity index (χ2n) is 5.91. The number of nitrogens with one attached hydrogen (secondary N) is 2. The molecule has 0 aliphatic carbocycles. The van der Waals surface area contributed by atoms with Crippen LogP contribution in [0.25, 0.3) is 0 Å². The van der Waals surface area contributed by atoms with Gasteiger partial charge in [-0.25, -0.2) is 8.42 Å². The number of nitrogens with zero attached hydrogens (tertiary/aromatic N) is 1. The molecule has 29 heavy (non-hydrogen) atoms. The molecule has 0 saturated heterocycles. The molecule has 0 aliphatic heterocycles. The van der Waals surface area contributed by atoms with E-state index < -0.39 is 26.7 Å². The number of hydrogen-bond acceptors (Lipinski definition) is 6. The zero-order chi connectivity index (χ0) is 21.2. The summed E-state index contributed by atoms with van der Waals surface area (Å²) in [6, 6.07) is 12.8. The predicted octanol–water partition coefficient (Wildman–Crippen LogP) is 4.20. The van der Waals surface area contributed by atoms with Gasteiger partial charge in [0.25, 0.3) is 15.9 Å². The summed E-state index contributed by atoms with van der Waals surface area (Å²) in [5, 5.41) is 13.3. The molecule has 2 aromatic carbocycles. The van der Waals surface area contributed by atoms with E-state index in [1.807, 2.05) is 0 Å². The van der Waals surface area contributed by atoms with Crippen LogP contribution in [0, 0.1) is 17.0 Å². The lowest BCUT2D eigenvalue weighted by atomic mass is 10.2. The molecule has 11 heteroatoms. The van der Waals surface area contributed by atoms with Crippen LogP contribution >= 0.6 is 11.6 Å². The van der Waals surface area contributed by atoms with Crippen molar-refractivity contribution < 1.29 is 22.6 Å². The van der Waals surface area contributed by atoms with Gasteiger partial charge in [0.15, 0.2) is 5.76 Å². The standard InChI is InChI=1S/C18H14ClN3O6S/c1-11-6-7-12(20-18(23)15-8-9-17(28-15)22(24)25)10-16(11)29(26,27)21-14-5-3-2-4-13(14)19/h2-10,21H,1H3,(H,20,23). The van der Waals surface area contributed by atoms with Crippen molar-refractivity contribution in [1.29, 1.82) is 0 Å². The van der Waals surface area contributed by atoms with E-state index in [0.29, 0.717) is 5.56 Å². The molecule has 2 N–H and O–H groups in total. The van der Waals surface area contributed by atoms with Crippen molar-refractivity contribution in [2.75, 3.05) is 10.0 Å². The normalized spacial score (nSPS) is 11.1. The summed E-state index contributed by atoms with van der Waals surface area (Å²) in [6.45, 7) is 1.60. The molecule has 3 rings (SSSR count). The van der Waals surface area contributed by atoms with Gasteiger partial charge in [-0.15, -0.1) is 0 Å². The van der Waals surface area contributed by atoms with Crippen LogP contribution in [-0.2, 0) is 10.0 Å². The quantitative estimate of drug-likeness (QED) is 0.440. The second-order valence-corrected chi connectivity index (χ2v) is 7.97. The van der Waals surface area contributed by atoms with Gasteiger partial charge in [-0.1, -0.05) is 29.8 Å². The number of nitro groups is 1. The van der Waals surface area contributed by atoms with Crippen molar-refractivity contribution in [3.05, 3.63) is 81.1 Å². The molecule has 1 heterocycles. The fourth-order valence-electron chi connectivity index (χ4n) is 2.45. The molecule has 0 saturated carbocycles. The van der Waals surface area contributed by atoms with Gasteiger partial charge < -0.3 is 9.73 Å². The number of carbonyl (C=O) groups excluding carboxylic acids is 1. The molecule has 0 atom stereocenters. The van der Waals surface area contributed by atoms with Crippen molar-refractivity contribution >= 4 is 44.8 Å². The highest BCUT2D eigenvalue weighted by Crippen LogP contribution is 2.27. The first-order valence-electron chi connectivity index (χ1n) is 8.11. The van der Waals surface area contributed by atoms with Crippen LogP contribution < -0.4 is 10.0 Å². The fraction of sp³-hybridized carbons (Fsp3) is 0.0556. The molecule has 0 spiro atoms. The number of para-hydroxylation sites is 1. The highest BCUT2D eigenvalue weighted by molar-refractivity contribution is 7.92. The SMILES string of the molecule is Cc1ccc(NC(=O)c2ccc([N+](=O)[O-])o2)cc1S(=O)(=O)Nc1ccccc1Cl. The van der Waals surface area contributed by atoms with E-state index in [1.54, 1.807) is 25.1 Å². The Balaban J connectivity index is 1.86. The van der Waals surface area contributed by atoms with Gasteiger partial charge in [0.05, 0.1) is 21.7 Å². The summed E-state index contributed by atoms with van der Waals surface area (Å²) in [6.07, 6.45) is 0. The molecule has 3 aromatic rings. The van der Waals surface area contributed by atoms with Crippen LogP contribution in [0.15, 0.2) is 63.9 Å². The van der Waals surface area contributed by atoms with E-state index in [1.165, 1.54) is 24.3 Å². The number of halogens is 1. The van der Waals surface area contributed by atoms with Crippen molar-refractivity contribution in [2.24, 2.45) is 0 Å². The van der Waals surface area contributed by atoms with Gasteiger partial charge in [0.1, 0.15) is 4.92 Å². The first-order chi connectivity index (χ1) is 13.7. The van der Waals surface area contributed by atoms with Gasteiger partial charge >= 0.3 is 5.88 Å². The Labute approximate surface area is 170 Å². The van der Waals surface area contributed by atoms with E-state index in [9.17, 15) is 23.3 Å². The fourth-order valence-corrected chi connectivity index (χ4v) is 4.04. The van der Waals surface area contributed by atoms with Crippen LogP contribution in [0.3, 0.4) is 0 Å². The van der Waals surface area contributed by atoms with Gasteiger partial charge in [-0.3, -0.25) is 19.6 Å². The number of amides is 1. The number of aryl methyl sites for hydroxylation is 1. The van der Waals surface area contributed by atoms with Gasteiger partial charge in [0, 0.05) is 5.69 Å². The van der Waals surface area contributed by atoms with E-state index in [2.05, 4.69) is 10.0 Å². The largest absolute Gasteiger partial charge is 0.433 e. The maximum atomic E-state index is 12.8. The van der Waals surface area contributed by atoms with Gasteiger partial charge in [-0.2, -0.15) is 0 Å². The van der Waals surface area contributed by atoms with Crippen LogP contribution in [0.4, 0.5) is 17.3 Å². The Morgan fingerprint density at radius 1 is 1.14 bits per heavy atom. The van der Waals surface area contributed by atoms with Crippen LogP contribution in [-0.4, -0.2) is 19.2 Å². The maximum absolute atomic E-state index is 12.8. The summed E-state index contributed by atoms with van der Waals surface area (Å²) in [5.41, 5.74) is 0.821. The first kappa shape index (κ1) is 20.4. The number of carbonyl (C=O) groups is 1. The zero-order valence-electron chi connectivity index (χ0n) is 14.9. The molecule has 1 amide bonds. The number of anilines is 2. The molecule has 0 bridgehead atoms. The van der Waals surface area contributed by atoms with Crippen molar-refractivity contribution in [2.45, 2.75) is 11.8 Å². The summed E-state index contributed by atoms with van der Waals surface area (Å²) < 4.78 is 32.8. The minimum absolute atomic E-state index is 0.0688. The molecule has 1 aromatic heterocycles. The third-order valence-electron chi connectivity index (χ3n) is 3.85. The van der Waals surface area contributed by atoms with Crippen molar-refractivity contribution in [3.63, 3.8) is 0 Å². The average molecular weight is 436 g/mol. The molecule has 0 radical (unpaired) electrons. The molecule has 0 fully saturated rings. The predicted molar refractivity (Wildman–Crippen MR) is 107 cm³/mol. The number of benzene rings is 2. The Morgan fingerprint density at radius 2 is 1.86 bits per heavy atom. The monoisotopic (exact) mass is 435 g/mol. The number of furan rings is 1. The third-order valence-corrected chi connectivity index (χ3v) is 5.69. The Bertz CT molecular complexity index is 1210. The van der Waals surface area contributed by atoms with E-state index in [0.717, 1.165) is 12.1 Å². The second kappa shape index (κ2) is 7.94. The minimum atomic E-state index is -4.00. The lowest BCUT2D eigenvalue weighted by Gasteiger charge is -2.13. The number of sulfonamides is 1. The van der Waals surface area contributed by atoms with Crippen LogP contribution in [0.2, 0.25) is 5.02 Å². The van der Waals surface area contributed by atoms with Crippen LogP contribution in [0.5, 0.6) is 0 Å². The summed E-state index contributed by atoms with van der Waals surface area (Å²) in [4.78, 5) is 22.0. The summed E-state index contributed by atoms with van der Waals surface area (Å²) in [5.74, 6) is -1.62. The number of hydrogen-bond donors (Lipinski definition) is 2. The van der Waals surface area contributed by atoms with Crippen molar-refractivity contribution in [3.8, 4) is 0 Å². The molecule has 150 valence electrons. The molecular formula is C18H14ClN3O6S.